The first-order valence-electron chi connectivity index (χ1n) is 7.58. The van der Waals surface area contributed by atoms with Crippen molar-refractivity contribution in [1.82, 2.24) is 0 Å². The number of amides is 2. The summed E-state index contributed by atoms with van der Waals surface area (Å²) < 4.78 is 19.2. The van der Waals surface area contributed by atoms with E-state index in [0.29, 0.717) is 19.4 Å². The summed E-state index contributed by atoms with van der Waals surface area (Å²) in [4.78, 5) is 35.7. The Kier molecular flexibility index (Phi) is 5.50. The number of ether oxygens (including phenoxy) is 1. The van der Waals surface area contributed by atoms with Crippen LogP contribution in [0.2, 0.25) is 0 Å². The number of rotatable bonds is 6. The molecule has 1 aliphatic rings. The van der Waals surface area contributed by atoms with Gasteiger partial charge >= 0.3 is 5.97 Å². The Balaban J connectivity index is 2.02. The van der Waals surface area contributed by atoms with E-state index in [2.05, 4.69) is 5.32 Å². The standard InChI is InChI=1S/C16H19FN2O5/c1-9(24-10(2)16(22)23)15(21)18-11-5-6-13(12(17)8-11)19-7-3-4-14(19)20/h5-6,8-10H,3-4,7H2,1-2H3,(H,18,21)(H,22,23). The van der Waals surface area contributed by atoms with Gasteiger partial charge in [-0.1, -0.05) is 0 Å². The summed E-state index contributed by atoms with van der Waals surface area (Å²) in [6, 6.07) is 4.03. The van der Waals surface area contributed by atoms with Gasteiger partial charge in [0.25, 0.3) is 5.91 Å². The zero-order valence-corrected chi connectivity index (χ0v) is 13.4. The molecule has 2 amide bonds. The SMILES string of the molecule is CC(OC(C)C(=O)Nc1ccc(N2CCCC2=O)c(F)c1)C(=O)O. The fourth-order valence-electron chi connectivity index (χ4n) is 2.38. The second-order valence-electron chi connectivity index (χ2n) is 5.56. The average Bonchev–Trinajstić information content (AvgIpc) is 2.93. The number of carbonyl (C=O) groups is 3. The van der Waals surface area contributed by atoms with Crippen LogP contribution in [0.5, 0.6) is 0 Å². The summed E-state index contributed by atoms with van der Waals surface area (Å²) in [5.74, 6) is -2.52. The zero-order valence-electron chi connectivity index (χ0n) is 13.4. The van der Waals surface area contributed by atoms with Gasteiger partial charge in [-0.15, -0.1) is 0 Å². The minimum atomic E-state index is -1.18. The Morgan fingerprint density at radius 3 is 2.58 bits per heavy atom. The third-order valence-electron chi connectivity index (χ3n) is 3.70. The van der Waals surface area contributed by atoms with Gasteiger partial charge in [-0.05, 0) is 38.5 Å². The highest BCUT2D eigenvalue weighted by molar-refractivity contribution is 5.97. The molecule has 1 saturated heterocycles. The van der Waals surface area contributed by atoms with Crippen molar-refractivity contribution in [3.63, 3.8) is 0 Å². The van der Waals surface area contributed by atoms with Crippen molar-refractivity contribution in [3.8, 4) is 0 Å². The molecule has 2 unspecified atom stereocenters. The van der Waals surface area contributed by atoms with Gasteiger partial charge in [0.05, 0.1) is 5.69 Å². The third kappa shape index (κ3) is 4.08. The fraction of sp³-hybridized carbons (Fsp3) is 0.438. The number of nitrogens with zero attached hydrogens (tertiary/aromatic N) is 1. The third-order valence-corrected chi connectivity index (χ3v) is 3.70. The Morgan fingerprint density at radius 2 is 2.04 bits per heavy atom. The number of hydrogen-bond donors (Lipinski definition) is 2. The minimum absolute atomic E-state index is 0.129. The topological polar surface area (TPSA) is 95.9 Å². The lowest BCUT2D eigenvalue weighted by atomic mass is 10.2. The highest BCUT2D eigenvalue weighted by Crippen LogP contribution is 2.26. The van der Waals surface area contributed by atoms with Crippen molar-refractivity contribution < 1.29 is 28.6 Å². The van der Waals surface area contributed by atoms with Gasteiger partial charge in [-0.25, -0.2) is 9.18 Å². The van der Waals surface area contributed by atoms with Gasteiger partial charge in [-0.3, -0.25) is 9.59 Å². The van der Waals surface area contributed by atoms with Gasteiger partial charge in [0.15, 0.2) is 6.10 Å². The zero-order chi connectivity index (χ0) is 17.9. The first-order valence-corrected chi connectivity index (χ1v) is 7.58. The van der Waals surface area contributed by atoms with Gasteiger partial charge in [0.1, 0.15) is 11.9 Å². The maximum atomic E-state index is 14.2. The van der Waals surface area contributed by atoms with Crippen molar-refractivity contribution in [1.29, 1.82) is 0 Å². The normalized spacial score (nSPS) is 16.8. The molecule has 0 aliphatic carbocycles. The first-order chi connectivity index (χ1) is 11.3. The molecule has 0 bridgehead atoms. The lowest BCUT2D eigenvalue weighted by Crippen LogP contribution is -2.33. The van der Waals surface area contributed by atoms with Crippen LogP contribution in [0, 0.1) is 5.82 Å². The maximum absolute atomic E-state index is 14.2. The van der Waals surface area contributed by atoms with E-state index in [-0.39, 0.29) is 17.3 Å². The summed E-state index contributed by atoms with van der Waals surface area (Å²) >= 11 is 0. The quantitative estimate of drug-likeness (QED) is 0.824. The molecule has 130 valence electrons. The predicted octanol–water partition coefficient (Wildman–Crippen LogP) is 1.77. The van der Waals surface area contributed by atoms with E-state index in [1.165, 1.54) is 30.9 Å². The van der Waals surface area contributed by atoms with E-state index in [4.69, 9.17) is 9.84 Å². The number of nitrogens with one attached hydrogen (secondary N) is 1. The highest BCUT2D eigenvalue weighted by Gasteiger charge is 2.25. The fourth-order valence-corrected chi connectivity index (χ4v) is 2.38. The molecular weight excluding hydrogens is 319 g/mol. The van der Waals surface area contributed by atoms with Crippen LogP contribution in [0.15, 0.2) is 18.2 Å². The molecule has 24 heavy (non-hydrogen) atoms. The smallest absolute Gasteiger partial charge is 0.332 e. The first kappa shape index (κ1) is 17.9. The van der Waals surface area contributed by atoms with E-state index in [9.17, 15) is 18.8 Å². The average molecular weight is 338 g/mol. The number of carbonyl (C=O) groups excluding carboxylic acids is 2. The number of aliphatic carboxylic acids is 1. The van der Waals surface area contributed by atoms with Crippen molar-refractivity contribution in [2.75, 3.05) is 16.8 Å². The second-order valence-corrected chi connectivity index (χ2v) is 5.56. The minimum Gasteiger partial charge on any atom is -0.479 e. The number of anilines is 2. The lowest BCUT2D eigenvalue weighted by Gasteiger charge is -2.18. The Bertz CT molecular complexity index is 664. The molecule has 0 saturated carbocycles. The van der Waals surface area contributed by atoms with Crippen LogP contribution < -0.4 is 10.2 Å². The molecule has 8 heteroatoms. The van der Waals surface area contributed by atoms with Gasteiger partial charge in [0, 0.05) is 18.7 Å². The molecule has 1 aromatic carbocycles. The molecule has 1 aliphatic heterocycles. The predicted molar refractivity (Wildman–Crippen MR) is 84.3 cm³/mol. The number of carboxylic acids is 1. The summed E-state index contributed by atoms with van der Waals surface area (Å²) in [6.07, 6.45) is -1.06. The molecule has 2 N–H and O–H groups in total. The molecular formula is C16H19FN2O5. The van der Waals surface area contributed by atoms with Crippen molar-refractivity contribution in [2.45, 2.75) is 38.9 Å². The maximum Gasteiger partial charge on any atom is 0.332 e. The van der Waals surface area contributed by atoms with Crippen LogP contribution in [0.25, 0.3) is 0 Å². The van der Waals surface area contributed by atoms with E-state index in [1.54, 1.807) is 0 Å². The van der Waals surface area contributed by atoms with Crippen LogP contribution in [-0.4, -0.2) is 41.6 Å². The summed E-state index contributed by atoms with van der Waals surface area (Å²) in [6.45, 7) is 3.19. The summed E-state index contributed by atoms with van der Waals surface area (Å²) in [5.41, 5.74) is 0.380. The molecule has 0 aromatic heterocycles. The van der Waals surface area contributed by atoms with Crippen LogP contribution in [0.1, 0.15) is 26.7 Å². The Morgan fingerprint density at radius 1 is 1.33 bits per heavy atom. The Hall–Kier alpha value is -2.48. The molecule has 7 nitrogen and oxygen atoms in total. The van der Waals surface area contributed by atoms with Crippen LogP contribution >= 0.6 is 0 Å². The monoisotopic (exact) mass is 338 g/mol. The van der Waals surface area contributed by atoms with Crippen molar-refractivity contribution >= 4 is 29.2 Å². The number of halogens is 1. The molecule has 1 aromatic rings. The molecule has 0 spiro atoms. The number of carboxylic acid groups (broad SMARTS) is 1. The highest BCUT2D eigenvalue weighted by atomic mass is 19.1. The second kappa shape index (κ2) is 7.39. The Labute approximate surface area is 138 Å². The number of hydrogen-bond acceptors (Lipinski definition) is 4. The lowest BCUT2D eigenvalue weighted by molar-refractivity contribution is -0.154. The largest absolute Gasteiger partial charge is 0.479 e. The van der Waals surface area contributed by atoms with Crippen molar-refractivity contribution in [3.05, 3.63) is 24.0 Å². The van der Waals surface area contributed by atoms with Gasteiger partial charge in [0.2, 0.25) is 5.91 Å². The van der Waals surface area contributed by atoms with Crippen LogP contribution in [-0.2, 0) is 19.1 Å². The molecule has 1 heterocycles. The molecule has 1 fully saturated rings. The summed E-state index contributed by atoms with van der Waals surface area (Å²) in [7, 11) is 0. The van der Waals surface area contributed by atoms with Crippen LogP contribution in [0.4, 0.5) is 15.8 Å². The molecule has 2 rings (SSSR count). The van der Waals surface area contributed by atoms with Gasteiger partial charge < -0.3 is 20.1 Å². The molecule has 0 radical (unpaired) electrons. The van der Waals surface area contributed by atoms with E-state index < -0.39 is 29.9 Å². The van der Waals surface area contributed by atoms with Crippen molar-refractivity contribution in [2.24, 2.45) is 0 Å². The van der Waals surface area contributed by atoms with Gasteiger partial charge in [-0.2, -0.15) is 0 Å². The van der Waals surface area contributed by atoms with E-state index >= 15 is 0 Å². The molecule has 2 atom stereocenters. The number of benzene rings is 1. The van der Waals surface area contributed by atoms with E-state index in [0.717, 1.165) is 6.07 Å². The summed E-state index contributed by atoms with van der Waals surface area (Å²) in [5, 5.41) is 11.2. The van der Waals surface area contributed by atoms with E-state index in [1.807, 2.05) is 0 Å². The van der Waals surface area contributed by atoms with Crippen LogP contribution in [0.3, 0.4) is 0 Å².